The predicted octanol–water partition coefficient (Wildman–Crippen LogP) is 4.72. The minimum absolute atomic E-state index is 0.379. The van der Waals surface area contributed by atoms with Crippen LogP contribution in [-0.2, 0) is 0 Å². The van der Waals surface area contributed by atoms with E-state index < -0.39 is 0 Å². The summed E-state index contributed by atoms with van der Waals surface area (Å²) in [4.78, 5) is 0. The minimum Gasteiger partial charge on any atom is -0.222 e. The van der Waals surface area contributed by atoms with Crippen molar-refractivity contribution in [2.24, 2.45) is 0 Å². The Balaban J connectivity index is 2.52. The van der Waals surface area contributed by atoms with E-state index in [1.165, 1.54) is 0 Å². The SMILES string of the molecule is Cc1cc(Br)ccc1-n1nc(C(C)C)cc1Cl. The molecule has 90 valence electrons. The summed E-state index contributed by atoms with van der Waals surface area (Å²) >= 11 is 9.68. The lowest BCUT2D eigenvalue weighted by atomic mass is 10.1. The van der Waals surface area contributed by atoms with Gasteiger partial charge in [0.05, 0.1) is 11.4 Å². The van der Waals surface area contributed by atoms with Crippen molar-refractivity contribution in [3.63, 3.8) is 0 Å². The zero-order valence-corrected chi connectivity index (χ0v) is 12.4. The van der Waals surface area contributed by atoms with Crippen molar-refractivity contribution in [2.75, 3.05) is 0 Å². The largest absolute Gasteiger partial charge is 0.222 e. The Morgan fingerprint density at radius 1 is 1.29 bits per heavy atom. The van der Waals surface area contributed by atoms with E-state index in [0.717, 1.165) is 21.4 Å². The molecule has 0 aliphatic carbocycles. The molecule has 0 N–H and O–H groups in total. The second-order valence-corrected chi connectivity index (χ2v) is 5.69. The number of benzene rings is 1. The summed E-state index contributed by atoms with van der Waals surface area (Å²) in [6.07, 6.45) is 0. The van der Waals surface area contributed by atoms with Gasteiger partial charge in [-0.1, -0.05) is 41.4 Å². The van der Waals surface area contributed by atoms with Crippen molar-refractivity contribution in [2.45, 2.75) is 26.7 Å². The molecular formula is C13H14BrClN2. The van der Waals surface area contributed by atoms with Crippen molar-refractivity contribution in [3.05, 3.63) is 45.1 Å². The van der Waals surface area contributed by atoms with Crippen LogP contribution in [0.25, 0.3) is 5.69 Å². The number of aromatic nitrogens is 2. The molecule has 1 heterocycles. The van der Waals surface area contributed by atoms with E-state index in [4.69, 9.17) is 11.6 Å². The Kier molecular flexibility index (Phi) is 3.59. The molecule has 1 aromatic heterocycles. The second kappa shape index (κ2) is 4.83. The van der Waals surface area contributed by atoms with Gasteiger partial charge in [0.1, 0.15) is 5.15 Å². The van der Waals surface area contributed by atoms with Crippen molar-refractivity contribution in [1.82, 2.24) is 9.78 Å². The molecule has 2 aromatic rings. The summed E-state index contributed by atoms with van der Waals surface area (Å²) in [7, 11) is 0. The average Bonchev–Trinajstić information content (AvgIpc) is 2.61. The molecule has 0 fully saturated rings. The Labute approximate surface area is 115 Å². The first-order valence-electron chi connectivity index (χ1n) is 5.51. The average molecular weight is 314 g/mol. The van der Waals surface area contributed by atoms with Gasteiger partial charge in [-0.3, -0.25) is 0 Å². The maximum atomic E-state index is 6.22. The van der Waals surface area contributed by atoms with Gasteiger partial charge >= 0.3 is 0 Å². The van der Waals surface area contributed by atoms with Gasteiger partial charge in [-0.15, -0.1) is 0 Å². The van der Waals surface area contributed by atoms with Crippen LogP contribution in [-0.4, -0.2) is 9.78 Å². The van der Waals surface area contributed by atoms with E-state index in [9.17, 15) is 0 Å². The Bertz CT molecular complexity index is 546. The van der Waals surface area contributed by atoms with Gasteiger partial charge in [0, 0.05) is 4.47 Å². The molecule has 17 heavy (non-hydrogen) atoms. The Morgan fingerprint density at radius 2 is 2.00 bits per heavy atom. The van der Waals surface area contributed by atoms with Gasteiger partial charge in [-0.25, -0.2) is 4.68 Å². The first kappa shape index (κ1) is 12.7. The smallest absolute Gasteiger partial charge is 0.133 e. The van der Waals surface area contributed by atoms with Crippen LogP contribution in [0.15, 0.2) is 28.7 Å². The third-order valence-corrected chi connectivity index (χ3v) is 3.43. The highest BCUT2D eigenvalue weighted by molar-refractivity contribution is 9.10. The van der Waals surface area contributed by atoms with Crippen molar-refractivity contribution < 1.29 is 0 Å². The lowest BCUT2D eigenvalue weighted by molar-refractivity contribution is 0.766. The summed E-state index contributed by atoms with van der Waals surface area (Å²) < 4.78 is 2.85. The van der Waals surface area contributed by atoms with Crippen LogP contribution >= 0.6 is 27.5 Å². The number of nitrogens with zero attached hydrogens (tertiary/aromatic N) is 2. The molecule has 4 heteroatoms. The zero-order valence-electron chi connectivity index (χ0n) is 10.0. The highest BCUT2D eigenvalue weighted by Gasteiger charge is 2.11. The summed E-state index contributed by atoms with van der Waals surface area (Å²) in [5, 5.41) is 5.19. The topological polar surface area (TPSA) is 17.8 Å². The molecule has 0 aliphatic heterocycles. The van der Waals surface area contributed by atoms with Crippen molar-refractivity contribution in [1.29, 1.82) is 0 Å². The van der Waals surface area contributed by atoms with Crippen LogP contribution in [0.1, 0.15) is 31.0 Å². The van der Waals surface area contributed by atoms with Crippen molar-refractivity contribution >= 4 is 27.5 Å². The van der Waals surface area contributed by atoms with Crippen LogP contribution in [0.5, 0.6) is 0 Å². The third-order valence-electron chi connectivity index (χ3n) is 2.66. The highest BCUT2D eigenvalue weighted by Crippen LogP contribution is 2.25. The van der Waals surface area contributed by atoms with Crippen LogP contribution in [0.4, 0.5) is 0 Å². The number of halogens is 2. The van der Waals surface area contributed by atoms with Gasteiger partial charge in [0.15, 0.2) is 0 Å². The van der Waals surface area contributed by atoms with Gasteiger partial charge in [-0.05, 0) is 42.7 Å². The van der Waals surface area contributed by atoms with E-state index in [1.54, 1.807) is 4.68 Å². The van der Waals surface area contributed by atoms with Gasteiger partial charge < -0.3 is 0 Å². The zero-order chi connectivity index (χ0) is 12.6. The minimum atomic E-state index is 0.379. The maximum absolute atomic E-state index is 6.22. The molecule has 0 atom stereocenters. The maximum Gasteiger partial charge on any atom is 0.133 e. The van der Waals surface area contributed by atoms with Gasteiger partial charge in [0.25, 0.3) is 0 Å². The van der Waals surface area contributed by atoms with E-state index in [0.29, 0.717) is 11.1 Å². The Morgan fingerprint density at radius 3 is 2.53 bits per heavy atom. The molecule has 0 unspecified atom stereocenters. The number of rotatable bonds is 2. The molecule has 2 nitrogen and oxygen atoms in total. The molecule has 0 spiro atoms. The second-order valence-electron chi connectivity index (χ2n) is 4.39. The molecule has 1 aromatic carbocycles. The van der Waals surface area contributed by atoms with E-state index in [2.05, 4.69) is 40.9 Å². The highest BCUT2D eigenvalue weighted by atomic mass is 79.9. The fourth-order valence-corrected chi connectivity index (χ4v) is 2.40. The quantitative estimate of drug-likeness (QED) is 0.784. The van der Waals surface area contributed by atoms with Gasteiger partial charge in [-0.2, -0.15) is 5.10 Å². The molecule has 0 amide bonds. The molecule has 0 aliphatic rings. The lowest BCUT2D eigenvalue weighted by Crippen LogP contribution is -2.00. The molecule has 2 rings (SSSR count). The number of hydrogen-bond donors (Lipinski definition) is 0. The predicted molar refractivity (Wildman–Crippen MR) is 75.1 cm³/mol. The molecular weight excluding hydrogens is 300 g/mol. The van der Waals surface area contributed by atoms with E-state index >= 15 is 0 Å². The summed E-state index contributed by atoms with van der Waals surface area (Å²) in [5.41, 5.74) is 3.17. The number of aryl methyl sites for hydroxylation is 1. The monoisotopic (exact) mass is 312 g/mol. The summed E-state index contributed by atoms with van der Waals surface area (Å²) in [6.45, 7) is 6.27. The van der Waals surface area contributed by atoms with Crippen LogP contribution in [0, 0.1) is 6.92 Å². The molecule has 0 saturated carbocycles. The summed E-state index contributed by atoms with van der Waals surface area (Å²) in [5.74, 6) is 0.379. The molecule has 0 bridgehead atoms. The molecule has 0 saturated heterocycles. The Hall–Kier alpha value is -0.800. The van der Waals surface area contributed by atoms with E-state index in [-0.39, 0.29) is 0 Å². The first-order valence-corrected chi connectivity index (χ1v) is 6.68. The third kappa shape index (κ3) is 2.55. The normalized spacial score (nSPS) is 11.2. The number of hydrogen-bond acceptors (Lipinski definition) is 1. The van der Waals surface area contributed by atoms with Crippen LogP contribution < -0.4 is 0 Å². The van der Waals surface area contributed by atoms with Crippen LogP contribution in [0.3, 0.4) is 0 Å². The van der Waals surface area contributed by atoms with Crippen molar-refractivity contribution in [3.8, 4) is 5.69 Å². The molecule has 0 radical (unpaired) electrons. The standard InChI is InChI=1S/C13H14BrClN2/c1-8(2)11-7-13(15)17(16-11)12-5-4-10(14)6-9(12)3/h4-8H,1-3H3. The first-order chi connectivity index (χ1) is 7.99. The lowest BCUT2D eigenvalue weighted by Gasteiger charge is -2.07. The van der Waals surface area contributed by atoms with Gasteiger partial charge in [0.2, 0.25) is 0 Å². The fourth-order valence-electron chi connectivity index (χ4n) is 1.68. The van der Waals surface area contributed by atoms with Crippen LogP contribution in [0.2, 0.25) is 5.15 Å². The fraction of sp³-hybridized carbons (Fsp3) is 0.308. The summed E-state index contributed by atoms with van der Waals surface area (Å²) in [6, 6.07) is 7.99. The van der Waals surface area contributed by atoms with E-state index in [1.807, 2.05) is 25.1 Å².